The lowest BCUT2D eigenvalue weighted by Gasteiger charge is -2.43. The number of hydrogen-bond acceptors (Lipinski definition) is 6. The van der Waals surface area contributed by atoms with Crippen LogP contribution in [-0.4, -0.2) is 48.7 Å². The van der Waals surface area contributed by atoms with Gasteiger partial charge in [0.2, 0.25) is 17.5 Å². The van der Waals surface area contributed by atoms with Gasteiger partial charge in [0.05, 0.1) is 13.2 Å². The quantitative estimate of drug-likeness (QED) is 0.741. The molecule has 1 saturated carbocycles. The van der Waals surface area contributed by atoms with Crippen molar-refractivity contribution in [3.8, 4) is 0 Å². The lowest BCUT2D eigenvalue weighted by Crippen LogP contribution is -2.50. The first-order chi connectivity index (χ1) is 10.6. The predicted molar refractivity (Wildman–Crippen MR) is 75.2 cm³/mol. The molecule has 22 heavy (non-hydrogen) atoms. The van der Waals surface area contributed by atoms with E-state index in [1.54, 1.807) is 11.8 Å². The number of hydrogen-bond donors (Lipinski definition) is 0. The number of carbonyl (C=O) groups is 1. The van der Waals surface area contributed by atoms with Gasteiger partial charge in [0, 0.05) is 38.8 Å². The van der Waals surface area contributed by atoms with Gasteiger partial charge < -0.3 is 9.64 Å². The van der Waals surface area contributed by atoms with Crippen molar-refractivity contribution in [3.05, 3.63) is 0 Å². The van der Waals surface area contributed by atoms with E-state index in [2.05, 4.69) is 0 Å². The molecule has 0 aromatic rings. The Balaban J connectivity index is 1.45. The maximum atomic E-state index is 12.2. The monoisotopic (exact) mass is 315 g/mol. The minimum absolute atomic E-state index is 0.0784. The third-order valence-corrected chi connectivity index (χ3v) is 4.51. The van der Waals surface area contributed by atoms with Crippen LogP contribution in [0.3, 0.4) is 0 Å². The molecule has 1 spiro atoms. The molecule has 0 atom stereocenters. The molecule has 0 unspecified atom stereocenters. The van der Waals surface area contributed by atoms with Gasteiger partial charge in [-0.15, -0.1) is 0 Å². The van der Waals surface area contributed by atoms with Crippen molar-refractivity contribution in [1.29, 1.82) is 0 Å². The van der Waals surface area contributed by atoms with E-state index in [0.717, 1.165) is 25.7 Å². The van der Waals surface area contributed by atoms with E-state index >= 15 is 0 Å². The zero-order chi connectivity index (χ0) is 15.5. The van der Waals surface area contributed by atoms with Gasteiger partial charge in [-0.05, 0) is 19.8 Å². The highest BCUT2D eigenvalue weighted by Crippen LogP contribution is 2.40. The van der Waals surface area contributed by atoms with Gasteiger partial charge in [0.1, 0.15) is 0 Å². The van der Waals surface area contributed by atoms with Crippen molar-refractivity contribution < 1.29 is 29.1 Å². The molecule has 3 fully saturated rings. The second-order valence-electron chi connectivity index (χ2n) is 6.43. The van der Waals surface area contributed by atoms with E-state index < -0.39 is 11.6 Å². The fourth-order valence-corrected chi connectivity index (χ4v) is 3.00. The van der Waals surface area contributed by atoms with Gasteiger partial charge in [-0.1, -0.05) is 6.42 Å². The first-order valence-corrected chi connectivity index (χ1v) is 8.20. The summed E-state index contributed by atoms with van der Waals surface area (Å²) in [5, 5.41) is 0. The summed E-state index contributed by atoms with van der Waals surface area (Å²) in [6.45, 7) is 4.23. The van der Waals surface area contributed by atoms with E-state index in [0.29, 0.717) is 39.1 Å². The molecule has 3 aliphatic rings. The Morgan fingerprint density at radius 3 is 2.27 bits per heavy atom. The third kappa shape index (κ3) is 3.78. The van der Waals surface area contributed by atoms with Crippen LogP contribution in [0.2, 0.25) is 0 Å². The molecular weight excluding hydrogens is 290 g/mol. The summed E-state index contributed by atoms with van der Waals surface area (Å²) in [4.78, 5) is 35.9. The summed E-state index contributed by atoms with van der Waals surface area (Å²) >= 11 is 0. The summed E-state index contributed by atoms with van der Waals surface area (Å²) in [5.41, 5.74) is 0. The van der Waals surface area contributed by atoms with E-state index in [4.69, 9.17) is 24.3 Å². The maximum absolute atomic E-state index is 12.2. The molecule has 3 rings (SSSR count). The van der Waals surface area contributed by atoms with Crippen LogP contribution in [0, 0.1) is 0 Å². The van der Waals surface area contributed by atoms with E-state index in [1.165, 1.54) is 6.42 Å². The second-order valence-corrected chi connectivity index (χ2v) is 6.43. The molecule has 0 N–H and O–H groups in total. The molecule has 1 amide bonds. The lowest BCUT2D eigenvalue weighted by molar-refractivity contribution is -0.657. The molecule has 0 radical (unpaired) electrons. The first-order valence-electron chi connectivity index (χ1n) is 8.20. The molecule has 1 aliphatic carbocycles. The molecule has 0 aromatic heterocycles. The zero-order valence-corrected chi connectivity index (χ0v) is 13.2. The van der Waals surface area contributed by atoms with Crippen LogP contribution in [0.4, 0.5) is 0 Å². The Kier molecular flexibility index (Phi) is 4.99. The zero-order valence-electron chi connectivity index (χ0n) is 13.2. The van der Waals surface area contributed by atoms with Crippen LogP contribution in [0.1, 0.15) is 51.9 Å². The van der Waals surface area contributed by atoms with E-state index in [-0.39, 0.29) is 5.91 Å². The van der Waals surface area contributed by atoms with E-state index in [1.807, 2.05) is 0 Å². The number of amides is 1. The lowest BCUT2D eigenvalue weighted by atomic mass is 9.94. The van der Waals surface area contributed by atoms with Crippen LogP contribution in [-0.2, 0) is 29.1 Å². The Labute approximate surface area is 130 Å². The Morgan fingerprint density at radius 1 is 1.00 bits per heavy atom. The SMILES string of the molecule is CC1(CCC(=O)N2CCOCC2)OOC2(CCCCC2)OO1. The first kappa shape index (κ1) is 16.1. The summed E-state index contributed by atoms with van der Waals surface area (Å²) in [5.74, 6) is -1.72. The highest BCUT2D eigenvalue weighted by molar-refractivity contribution is 5.76. The van der Waals surface area contributed by atoms with Crippen LogP contribution in [0.25, 0.3) is 0 Å². The molecule has 7 heteroatoms. The van der Waals surface area contributed by atoms with Gasteiger partial charge in [-0.2, -0.15) is 19.6 Å². The van der Waals surface area contributed by atoms with Gasteiger partial charge in [-0.3, -0.25) is 4.79 Å². The number of ether oxygens (including phenoxy) is 1. The fraction of sp³-hybridized carbons (Fsp3) is 0.933. The number of rotatable bonds is 3. The summed E-state index contributed by atoms with van der Waals surface area (Å²) in [6.07, 6.45) is 5.53. The third-order valence-electron chi connectivity index (χ3n) is 4.51. The van der Waals surface area contributed by atoms with Crippen molar-refractivity contribution in [2.45, 2.75) is 63.4 Å². The highest BCUT2D eigenvalue weighted by Gasteiger charge is 2.47. The largest absolute Gasteiger partial charge is 0.378 e. The molecule has 2 heterocycles. The van der Waals surface area contributed by atoms with Gasteiger partial charge >= 0.3 is 0 Å². The maximum Gasteiger partial charge on any atom is 0.234 e. The Bertz CT molecular complexity index is 379. The van der Waals surface area contributed by atoms with Crippen molar-refractivity contribution in [2.24, 2.45) is 0 Å². The average molecular weight is 315 g/mol. The minimum atomic E-state index is -1.04. The smallest absolute Gasteiger partial charge is 0.234 e. The van der Waals surface area contributed by atoms with E-state index in [9.17, 15) is 4.79 Å². The molecule has 0 bridgehead atoms. The second kappa shape index (κ2) is 6.80. The Hall–Kier alpha value is -0.730. The highest BCUT2D eigenvalue weighted by atomic mass is 17.4. The molecule has 2 aliphatic heterocycles. The Morgan fingerprint density at radius 2 is 1.64 bits per heavy atom. The summed E-state index contributed by atoms with van der Waals surface area (Å²) in [6, 6.07) is 0. The molecule has 2 saturated heterocycles. The number of nitrogens with zero attached hydrogens (tertiary/aromatic N) is 1. The predicted octanol–water partition coefficient (Wildman–Crippen LogP) is 1.91. The number of morpholine rings is 1. The van der Waals surface area contributed by atoms with Crippen LogP contribution in [0.5, 0.6) is 0 Å². The van der Waals surface area contributed by atoms with Crippen LogP contribution >= 0.6 is 0 Å². The van der Waals surface area contributed by atoms with Gasteiger partial charge in [0.25, 0.3) is 0 Å². The van der Waals surface area contributed by atoms with Gasteiger partial charge in [0.15, 0.2) is 0 Å². The minimum Gasteiger partial charge on any atom is -0.378 e. The summed E-state index contributed by atoms with van der Waals surface area (Å²) in [7, 11) is 0. The van der Waals surface area contributed by atoms with Crippen molar-refractivity contribution in [1.82, 2.24) is 4.90 Å². The fourth-order valence-electron chi connectivity index (χ4n) is 3.00. The van der Waals surface area contributed by atoms with Crippen molar-refractivity contribution in [2.75, 3.05) is 26.3 Å². The molecular formula is C15H25NO6. The van der Waals surface area contributed by atoms with Gasteiger partial charge in [-0.25, -0.2) is 0 Å². The average Bonchev–Trinajstić information content (AvgIpc) is 2.58. The van der Waals surface area contributed by atoms with Crippen LogP contribution < -0.4 is 0 Å². The topological polar surface area (TPSA) is 66.5 Å². The van der Waals surface area contributed by atoms with Crippen LogP contribution in [0.15, 0.2) is 0 Å². The van der Waals surface area contributed by atoms with Crippen molar-refractivity contribution >= 4 is 5.91 Å². The number of carbonyl (C=O) groups excluding carboxylic acids is 1. The summed E-state index contributed by atoms with van der Waals surface area (Å²) < 4.78 is 5.24. The normalized spacial score (nSPS) is 27.8. The standard InChI is InChI=1S/C15H25NO6/c1-14(8-5-13(17)16-9-11-18-12-10-16)19-21-15(22-20-14)6-3-2-4-7-15/h2-12H2,1H3. The van der Waals surface area contributed by atoms with Crippen molar-refractivity contribution in [3.63, 3.8) is 0 Å². The molecule has 7 nitrogen and oxygen atoms in total. The molecule has 126 valence electrons. The molecule has 0 aromatic carbocycles.